The van der Waals surface area contributed by atoms with E-state index in [-0.39, 0.29) is 11.9 Å². The van der Waals surface area contributed by atoms with E-state index < -0.39 is 0 Å². The molecule has 2 aromatic carbocycles. The summed E-state index contributed by atoms with van der Waals surface area (Å²) in [6, 6.07) is 12.6. The van der Waals surface area contributed by atoms with Crippen LogP contribution in [-0.2, 0) is 11.2 Å². The number of amides is 1. The summed E-state index contributed by atoms with van der Waals surface area (Å²) in [4.78, 5) is 12.5. The number of carbonyl (C=O) groups excluding carboxylic acids is 1. The molecule has 2 aromatic rings. The van der Waals surface area contributed by atoms with Crippen molar-refractivity contribution in [3.63, 3.8) is 0 Å². The fourth-order valence-electron chi connectivity index (χ4n) is 4.46. The zero-order valence-corrected chi connectivity index (χ0v) is 17.8. The summed E-state index contributed by atoms with van der Waals surface area (Å²) in [6.45, 7) is 2.09. The van der Waals surface area contributed by atoms with Crippen molar-refractivity contribution in [2.24, 2.45) is 5.92 Å². The lowest BCUT2D eigenvalue weighted by atomic mass is 9.86. The average molecular weight is 409 g/mol. The summed E-state index contributed by atoms with van der Waals surface area (Å²) in [6.07, 6.45) is 11.7. The van der Waals surface area contributed by atoms with Gasteiger partial charge in [-0.1, -0.05) is 29.8 Å². The number of hydrogen-bond acceptors (Lipinski definition) is 2. The molecular formula is C25H29ClN2O. The summed E-state index contributed by atoms with van der Waals surface area (Å²) in [7, 11) is 0. The second kappa shape index (κ2) is 9.04. The molecule has 3 nitrogen and oxygen atoms in total. The Morgan fingerprint density at radius 1 is 1.17 bits per heavy atom. The van der Waals surface area contributed by atoms with Crippen LogP contribution in [0, 0.1) is 12.8 Å². The van der Waals surface area contributed by atoms with Gasteiger partial charge in [0.15, 0.2) is 0 Å². The topological polar surface area (TPSA) is 41.1 Å². The second-order valence-electron chi connectivity index (χ2n) is 8.31. The highest BCUT2D eigenvalue weighted by atomic mass is 35.5. The Balaban J connectivity index is 1.44. The third-order valence-electron chi connectivity index (χ3n) is 6.11. The number of allylic oxidation sites excluding steroid dienone is 2. The van der Waals surface area contributed by atoms with E-state index in [2.05, 4.69) is 41.8 Å². The van der Waals surface area contributed by atoms with Crippen LogP contribution >= 0.6 is 11.6 Å². The number of anilines is 2. The highest BCUT2D eigenvalue weighted by molar-refractivity contribution is 6.30. The van der Waals surface area contributed by atoms with Gasteiger partial charge in [0.2, 0.25) is 5.91 Å². The average Bonchev–Trinajstić information content (AvgIpc) is 3.23. The van der Waals surface area contributed by atoms with Crippen molar-refractivity contribution in [1.82, 2.24) is 0 Å². The fourth-order valence-corrected chi connectivity index (χ4v) is 4.59. The molecule has 2 N–H and O–H groups in total. The first-order valence-electron chi connectivity index (χ1n) is 10.7. The van der Waals surface area contributed by atoms with Gasteiger partial charge in [-0.3, -0.25) is 4.79 Å². The highest BCUT2D eigenvalue weighted by Gasteiger charge is 2.22. The molecule has 0 fully saturated rings. The normalized spacial score (nSPS) is 20.3. The van der Waals surface area contributed by atoms with Crippen LogP contribution in [0.4, 0.5) is 11.4 Å². The first-order chi connectivity index (χ1) is 14.1. The summed E-state index contributed by atoms with van der Waals surface area (Å²) in [5.74, 6) is 0.699. The van der Waals surface area contributed by atoms with Gasteiger partial charge < -0.3 is 10.6 Å². The molecule has 2 atom stereocenters. The number of hydrogen-bond donors (Lipinski definition) is 2. The van der Waals surface area contributed by atoms with Crippen LogP contribution in [0.2, 0.25) is 5.02 Å². The van der Waals surface area contributed by atoms with E-state index in [1.807, 2.05) is 24.3 Å². The van der Waals surface area contributed by atoms with Crippen LogP contribution < -0.4 is 10.6 Å². The third kappa shape index (κ3) is 5.02. The fraction of sp³-hybridized carbons (Fsp3) is 0.400. The van der Waals surface area contributed by atoms with Crippen LogP contribution in [-0.4, -0.2) is 5.91 Å². The lowest BCUT2D eigenvalue weighted by Gasteiger charge is -2.28. The molecule has 0 aromatic heterocycles. The van der Waals surface area contributed by atoms with Gasteiger partial charge in [0, 0.05) is 22.8 Å². The molecule has 4 heteroatoms. The molecule has 2 aliphatic rings. The van der Waals surface area contributed by atoms with E-state index in [4.69, 9.17) is 11.6 Å². The number of rotatable bonds is 6. The first-order valence-corrected chi connectivity index (χ1v) is 11.1. The zero-order chi connectivity index (χ0) is 20.2. The van der Waals surface area contributed by atoms with Crippen molar-refractivity contribution in [2.45, 2.75) is 57.9 Å². The van der Waals surface area contributed by atoms with E-state index >= 15 is 0 Å². The number of carbonyl (C=O) groups is 1. The minimum atomic E-state index is 0.125. The number of nitrogens with one attached hydrogen (secondary N) is 2. The molecule has 29 heavy (non-hydrogen) atoms. The Morgan fingerprint density at radius 2 is 2.00 bits per heavy atom. The lowest BCUT2D eigenvalue weighted by Crippen LogP contribution is -2.19. The molecule has 2 unspecified atom stereocenters. The predicted octanol–water partition coefficient (Wildman–Crippen LogP) is 6.82. The van der Waals surface area contributed by atoms with E-state index in [0.717, 1.165) is 54.1 Å². The van der Waals surface area contributed by atoms with Gasteiger partial charge in [0.1, 0.15) is 0 Å². The van der Waals surface area contributed by atoms with Crippen LogP contribution in [0.5, 0.6) is 0 Å². The van der Waals surface area contributed by atoms with Gasteiger partial charge in [-0.05, 0) is 98.4 Å². The standard InChI is InChI=1S/C25H29ClN2O/c1-17-15-22-19(7-4-8-23(22)27-21-12-10-20(26)11-13-21)16-24(17)28-25(29)14-9-18-5-2-3-6-18/h2,5,10-13,15-16,18,23,27H,3-4,6-9,14H2,1H3,(H,28,29). The van der Waals surface area contributed by atoms with E-state index in [1.54, 1.807) is 0 Å². The lowest BCUT2D eigenvalue weighted by molar-refractivity contribution is -0.116. The van der Waals surface area contributed by atoms with E-state index in [1.165, 1.54) is 17.5 Å². The number of benzene rings is 2. The van der Waals surface area contributed by atoms with Crippen LogP contribution in [0.15, 0.2) is 48.6 Å². The summed E-state index contributed by atoms with van der Waals surface area (Å²) in [5.41, 5.74) is 5.86. The number of aryl methyl sites for hydroxylation is 2. The maximum atomic E-state index is 12.5. The minimum Gasteiger partial charge on any atom is -0.378 e. The Labute approximate surface area is 178 Å². The second-order valence-corrected chi connectivity index (χ2v) is 8.75. The molecule has 0 saturated carbocycles. The summed E-state index contributed by atoms with van der Waals surface area (Å²) < 4.78 is 0. The van der Waals surface area contributed by atoms with Crippen molar-refractivity contribution in [2.75, 3.05) is 10.6 Å². The number of fused-ring (bicyclic) bond motifs is 1. The Bertz CT molecular complexity index is 904. The Kier molecular flexibility index (Phi) is 6.25. The molecule has 0 heterocycles. The Morgan fingerprint density at radius 3 is 2.76 bits per heavy atom. The molecule has 1 amide bonds. The SMILES string of the molecule is Cc1cc2c(cc1NC(=O)CCC1C=CCC1)CCCC2Nc1ccc(Cl)cc1. The molecule has 0 saturated heterocycles. The van der Waals surface area contributed by atoms with Gasteiger partial charge in [-0.15, -0.1) is 0 Å². The van der Waals surface area contributed by atoms with Gasteiger partial charge >= 0.3 is 0 Å². The van der Waals surface area contributed by atoms with Crippen molar-refractivity contribution < 1.29 is 4.79 Å². The minimum absolute atomic E-state index is 0.125. The van der Waals surface area contributed by atoms with Crippen molar-refractivity contribution in [3.8, 4) is 0 Å². The highest BCUT2D eigenvalue weighted by Crippen LogP contribution is 2.36. The Hall–Kier alpha value is -2.26. The smallest absolute Gasteiger partial charge is 0.224 e. The predicted molar refractivity (Wildman–Crippen MR) is 122 cm³/mol. The van der Waals surface area contributed by atoms with Gasteiger partial charge in [0.25, 0.3) is 0 Å². The quantitative estimate of drug-likeness (QED) is 0.514. The van der Waals surface area contributed by atoms with Crippen molar-refractivity contribution in [1.29, 1.82) is 0 Å². The molecule has 0 radical (unpaired) electrons. The number of halogens is 1. The van der Waals surface area contributed by atoms with Crippen LogP contribution in [0.3, 0.4) is 0 Å². The molecule has 4 rings (SSSR count). The van der Waals surface area contributed by atoms with Gasteiger partial charge in [-0.25, -0.2) is 0 Å². The summed E-state index contributed by atoms with van der Waals surface area (Å²) in [5, 5.41) is 7.56. The van der Waals surface area contributed by atoms with E-state index in [9.17, 15) is 4.79 Å². The van der Waals surface area contributed by atoms with Gasteiger partial charge in [-0.2, -0.15) is 0 Å². The molecule has 2 aliphatic carbocycles. The largest absolute Gasteiger partial charge is 0.378 e. The van der Waals surface area contributed by atoms with Gasteiger partial charge in [0.05, 0.1) is 6.04 Å². The maximum Gasteiger partial charge on any atom is 0.224 e. The molecule has 152 valence electrons. The molecule has 0 aliphatic heterocycles. The van der Waals surface area contributed by atoms with E-state index in [0.29, 0.717) is 12.3 Å². The molecular weight excluding hydrogens is 380 g/mol. The molecule has 0 bridgehead atoms. The van der Waals surface area contributed by atoms with Crippen molar-refractivity contribution in [3.05, 3.63) is 70.3 Å². The van der Waals surface area contributed by atoms with Crippen molar-refractivity contribution >= 4 is 28.9 Å². The van der Waals surface area contributed by atoms with Crippen LogP contribution in [0.25, 0.3) is 0 Å². The molecule has 0 spiro atoms. The summed E-state index contributed by atoms with van der Waals surface area (Å²) >= 11 is 6.01. The first kappa shape index (κ1) is 20.0. The van der Waals surface area contributed by atoms with Crippen LogP contribution in [0.1, 0.15) is 61.3 Å². The zero-order valence-electron chi connectivity index (χ0n) is 17.0. The maximum absolute atomic E-state index is 12.5. The monoisotopic (exact) mass is 408 g/mol. The third-order valence-corrected chi connectivity index (χ3v) is 6.37.